The van der Waals surface area contributed by atoms with Crippen molar-refractivity contribution in [1.29, 1.82) is 0 Å². The first-order valence-electron chi connectivity index (χ1n) is 5.16. The summed E-state index contributed by atoms with van der Waals surface area (Å²) < 4.78 is 38.4. The van der Waals surface area contributed by atoms with Gasteiger partial charge in [0.2, 0.25) is 0 Å². The van der Waals surface area contributed by atoms with E-state index in [0.29, 0.717) is 11.6 Å². The molecule has 1 aromatic heterocycles. The molecule has 18 heavy (non-hydrogen) atoms. The zero-order valence-electron chi connectivity index (χ0n) is 9.19. The molecule has 0 bridgehead atoms. The lowest BCUT2D eigenvalue weighted by molar-refractivity contribution is -0.139. The first kappa shape index (κ1) is 12.3. The van der Waals surface area contributed by atoms with Gasteiger partial charge >= 0.3 is 6.18 Å². The molecule has 0 spiro atoms. The maximum atomic E-state index is 12.5. The molecule has 0 aliphatic carbocycles. The molecule has 0 radical (unpaired) electrons. The Morgan fingerprint density at radius 2 is 1.78 bits per heavy atom. The number of hydrogen-bond acceptors (Lipinski definition) is 2. The Bertz CT molecular complexity index is 590. The number of benzene rings is 1. The predicted octanol–water partition coefficient (Wildman–Crippen LogP) is 2.31. The zero-order chi connectivity index (χ0) is 13.2. The summed E-state index contributed by atoms with van der Waals surface area (Å²) >= 11 is 0. The smallest absolute Gasteiger partial charge is 0.267 e. The van der Waals surface area contributed by atoms with Gasteiger partial charge in [-0.1, -0.05) is 30.3 Å². The second-order valence-corrected chi connectivity index (χ2v) is 3.69. The van der Waals surface area contributed by atoms with Crippen LogP contribution in [0.2, 0.25) is 0 Å². The normalized spacial score (nSPS) is 11.5. The van der Waals surface area contributed by atoms with E-state index in [9.17, 15) is 18.0 Å². The highest BCUT2D eigenvalue weighted by molar-refractivity contribution is 5.16. The van der Waals surface area contributed by atoms with Gasteiger partial charge in [0, 0.05) is 6.20 Å². The molecular formula is C12H9F3N2O. The minimum Gasteiger partial charge on any atom is -0.267 e. The third-order valence-corrected chi connectivity index (χ3v) is 2.39. The Labute approximate surface area is 100 Å². The standard InChI is InChI=1S/C12H9F3N2O/c13-12(14,15)10-6-7-16-17(11(10)18)8-9-4-2-1-3-5-9/h1-7H,8H2. The van der Waals surface area contributed by atoms with Gasteiger partial charge in [-0.3, -0.25) is 4.79 Å². The Kier molecular flexibility index (Phi) is 3.18. The van der Waals surface area contributed by atoms with Gasteiger partial charge in [0.05, 0.1) is 6.54 Å². The van der Waals surface area contributed by atoms with Crippen molar-refractivity contribution in [3.05, 3.63) is 64.1 Å². The van der Waals surface area contributed by atoms with Gasteiger partial charge in [-0.2, -0.15) is 18.3 Å². The highest BCUT2D eigenvalue weighted by Gasteiger charge is 2.34. The van der Waals surface area contributed by atoms with Gasteiger partial charge in [-0.05, 0) is 11.6 Å². The van der Waals surface area contributed by atoms with E-state index in [2.05, 4.69) is 5.10 Å². The quantitative estimate of drug-likeness (QED) is 0.824. The second kappa shape index (κ2) is 4.64. The van der Waals surface area contributed by atoms with E-state index in [1.54, 1.807) is 30.3 Å². The summed E-state index contributed by atoms with van der Waals surface area (Å²) in [4.78, 5) is 11.6. The molecule has 0 saturated carbocycles. The average molecular weight is 254 g/mol. The number of alkyl halides is 3. The fraction of sp³-hybridized carbons (Fsp3) is 0.167. The largest absolute Gasteiger partial charge is 0.421 e. The molecule has 0 saturated heterocycles. The summed E-state index contributed by atoms with van der Waals surface area (Å²) in [7, 11) is 0. The maximum Gasteiger partial charge on any atom is 0.421 e. The Morgan fingerprint density at radius 3 is 2.39 bits per heavy atom. The van der Waals surface area contributed by atoms with Crippen LogP contribution < -0.4 is 5.56 Å². The fourth-order valence-corrected chi connectivity index (χ4v) is 1.54. The van der Waals surface area contributed by atoms with E-state index in [0.717, 1.165) is 10.9 Å². The number of rotatable bonds is 2. The maximum absolute atomic E-state index is 12.5. The summed E-state index contributed by atoms with van der Waals surface area (Å²) in [5.74, 6) is 0. The van der Waals surface area contributed by atoms with Crippen LogP contribution in [0.3, 0.4) is 0 Å². The Hall–Kier alpha value is -2.11. The van der Waals surface area contributed by atoms with Gasteiger partial charge in [0.1, 0.15) is 5.56 Å². The van der Waals surface area contributed by atoms with Gasteiger partial charge in [-0.25, -0.2) is 4.68 Å². The topological polar surface area (TPSA) is 34.9 Å². The van der Waals surface area contributed by atoms with E-state index in [-0.39, 0.29) is 6.54 Å². The minimum absolute atomic E-state index is 0.0175. The molecule has 0 aliphatic rings. The van der Waals surface area contributed by atoms with Gasteiger partial charge in [-0.15, -0.1) is 0 Å². The summed E-state index contributed by atoms with van der Waals surface area (Å²) in [6, 6.07) is 9.39. The molecule has 0 fully saturated rings. The molecule has 2 aromatic rings. The molecule has 0 aliphatic heterocycles. The van der Waals surface area contributed by atoms with E-state index in [1.807, 2.05) is 0 Å². The number of hydrogen-bond donors (Lipinski definition) is 0. The Balaban J connectivity index is 2.39. The van der Waals surface area contributed by atoms with Crippen molar-refractivity contribution in [2.24, 2.45) is 0 Å². The molecular weight excluding hydrogens is 245 g/mol. The van der Waals surface area contributed by atoms with Crippen LogP contribution in [-0.2, 0) is 12.7 Å². The first-order valence-corrected chi connectivity index (χ1v) is 5.16. The van der Waals surface area contributed by atoms with E-state index in [1.165, 1.54) is 0 Å². The SMILES string of the molecule is O=c1c(C(F)(F)F)ccnn1Cc1ccccc1. The highest BCUT2D eigenvalue weighted by Crippen LogP contribution is 2.25. The lowest BCUT2D eigenvalue weighted by Gasteiger charge is -2.09. The molecule has 6 heteroatoms. The van der Waals surface area contributed by atoms with E-state index < -0.39 is 17.3 Å². The Morgan fingerprint density at radius 1 is 1.11 bits per heavy atom. The van der Waals surface area contributed by atoms with Crippen molar-refractivity contribution in [3.8, 4) is 0 Å². The molecule has 1 aromatic carbocycles. The summed E-state index contributed by atoms with van der Waals surface area (Å²) in [5.41, 5.74) is -1.62. The summed E-state index contributed by atoms with van der Waals surface area (Å²) in [5, 5.41) is 3.65. The summed E-state index contributed by atoms with van der Waals surface area (Å²) in [6.07, 6.45) is -3.67. The highest BCUT2D eigenvalue weighted by atomic mass is 19.4. The zero-order valence-corrected chi connectivity index (χ0v) is 9.19. The third kappa shape index (κ3) is 2.58. The van der Waals surface area contributed by atoms with Crippen LogP contribution in [0, 0.1) is 0 Å². The van der Waals surface area contributed by atoms with Gasteiger partial charge in [0.25, 0.3) is 5.56 Å². The van der Waals surface area contributed by atoms with Crippen molar-refractivity contribution in [2.75, 3.05) is 0 Å². The molecule has 3 nitrogen and oxygen atoms in total. The van der Waals surface area contributed by atoms with Crippen molar-refractivity contribution in [2.45, 2.75) is 12.7 Å². The molecule has 2 rings (SSSR count). The molecule has 0 atom stereocenters. The lowest BCUT2D eigenvalue weighted by Crippen LogP contribution is -2.30. The van der Waals surface area contributed by atoms with Crippen LogP contribution in [-0.4, -0.2) is 9.78 Å². The number of halogens is 3. The lowest BCUT2D eigenvalue weighted by atomic mass is 10.2. The predicted molar refractivity (Wildman–Crippen MR) is 59.0 cm³/mol. The van der Waals surface area contributed by atoms with Crippen molar-refractivity contribution in [1.82, 2.24) is 9.78 Å². The van der Waals surface area contributed by atoms with E-state index in [4.69, 9.17) is 0 Å². The van der Waals surface area contributed by atoms with Crippen molar-refractivity contribution in [3.63, 3.8) is 0 Å². The van der Waals surface area contributed by atoms with Gasteiger partial charge in [0.15, 0.2) is 0 Å². The molecule has 0 unspecified atom stereocenters. The molecule has 0 N–H and O–H groups in total. The monoisotopic (exact) mass is 254 g/mol. The molecule has 94 valence electrons. The second-order valence-electron chi connectivity index (χ2n) is 3.69. The average Bonchev–Trinajstić information content (AvgIpc) is 2.32. The minimum atomic E-state index is -4.65. The van der Waals surface area contributed by atoms with Crippen LogP contribution in [0.1, 0.15) is 11.1 Å². The molecule has 1 heterocycles. The van der Waals surface area contributed by atoms with Crippen molar-refractivity contribution < 1.29 is 13.2 Å². The van der Waals surface area contributed by atoms with Crippen LogP contribution >= 0.6 is 0 Å². The number of nitrogens with zero attached hydrogens (tertiary/aromatic N) is 2. The summed E-state index contributed by atoms with van der Waals surface area (Å²) in [6.45, 7) is 0.0175. The van der Waals surface area contributed by atoms with E-state index >= 15 is 0 Å². The van der Waals surface area contributed by atoms with Crippen molar-refractivity contribution >= 4 is 0 Å². The molecule has 0 amide bonds. The van der Waals surface area contributed by atoms with Crippen LogP contribution in [0.25, 0.3) is 0 Å². The van der Waals surface area contributed by atoms with Gasteiger partial charge < -0.3 is 0 Å². The van der Waals surface area contributed by atoms with Crippen LogP contribution in [0.5, 0.6) is 0 Å². The van der Waals surface area contributed by atoms with Crippen LogP contribution in [0.15, 0.2) is 47.4 Å². The van der Waals surface area contributed by atoms with Crippen LogP contribution in [0.4, 0.5) is 13.2 Å². The fourth-order valence-electron chi connectivity index (χ4n) is 1.54. The first-order chi connectivity index (χ1) is 8.48. The third-order valence-electron chi connectivity index (χ3n) is 2.39. The number of aromatic nitrogens is 2.